The van der Waals surface area contributed by atoms with Gasteiger partial charge < -0.3 is 5.73 Å². The molecular formula is C11H12N2O4S. The Balaban J connectivity index is 2.86. The standard InChI is InChI=1S/C11H12N2O4S/c1-8-2-4-9(5-3-8)18(16,17)13-11(15)7-6-10(12)14/h2-7H,1H3,(H2,12,14)(H,13,15). The van der Waals surface area contributed by atoms with E-state index in [1.165, 1.54) is 12.1 Å². The summed E-state index contributed by atoms with van der Waals surface area (Å²) < 4.78 is 25.2. The Kier molecular flexibility index (Phi) is 4.22. The van der Waals surface area contributed by atoms with Gasteiger partial charge in [0.25, 0.3) is 15.9 Å². The lowest BCUT2D eigenvalue weighted by molar-refractivity contribution is -0.116. The lowest BCUT2D eigenvalue weighted by Gasteiger charge is -2.04. The maximum atomic E-state index is 11.7. The molecule has 96 valence electrons. The van der Waals surface area contributed by atoms with Crippen LogP contribution in [-0.4, -0.2) is 20.2 Å². The van der Waals surface area contributed by atoms with Crippen LogP contribution in [0.2, 0.25) is 0 Å². The predicted octanol–water partition coefficient (Wildman–Crippen LogP) is -0.159. The minimum atomic E-state index is -3.93. The van der Waals surface area contributed by atoms with Gasteiger partial charge in [-0.15, -0.1) is 0 Å². The van der Waals surface area contributed by atoms with E-state index in [1.807, 2.05) is 6.92 Å². The molecule has 1 aromatic carbocycles. The van der Waals surface area contributed by atoms with E-state index in [4.69, 9.17) is 5.73 Å². The minimum Gasteiger partial charge on any atom is -0.366 e. The first-order valence-electron chi connectivity index (χ1n) is 4.92. The summed E-state index contributed by atoms with van der Waals surface area (Å²) in [6, 6.07) is 5.97. The van der Waals surface area contributed by atoms with E-state index < -0.39 is 21.8 Å². The first-order chi connectivity index (χ1) is 8.31. The van der Waals surface area contributed by atoms with Crippen LogP contribution in [0.3, 0.4) is 0 Å². The van der Waals surface area contributed by atoms with Gasteiger partial charge in [0.2, 0.25) is 5.91 Å². The van der Waals surface area contributed by atoms with Crippen molar-refractivity contribution in [2.45, 2.75) is 11.8 Å². The number of hydrogen-bond acceptors (Lipinski definition) is 4. The van der Waals surface area contributed by atoms with E-state index >= 15 is 0 Å². The van der Waals surface area contributed by atoms with E-state index in [0.29, 0.717) is 0 Å². The molecule has 0 atom stereocenters. The molecule has 0 aliphatic rings. The van der Waals surface area contributed by atoms with Crippen molar-refractivity contribution in [3.05, 3.63) is 42.0 Å². The van der Waals surface area contributed by atoms with E-state index in [1.54, 1.807) is 16.9 Å². The second kappa shape index (κ2) is 5.46. The first kappa shape index (κ1) is 13.9. The van der Waals surface area contributed by atoms with Crippen LogP contribution in [0, 0.1) is 6.92 Å². The number of hydrogen-bond donors (Lipinski definition) is 2. The number of primary amides is 1. The number of carbonyl (C=O) groups excluding carboxylic acids is 2. The van der Waals surface area contributed by atoms with E-state index in [2.05, 4.69) is 0 Å². The van der Waals surface area contributed by atoms with E-state index in [-0.39, 0.29) is 4.90 Å². The predicted molar refractivity (Wildman–Crippen MR) is 64.8 cm³/mol. The summed E-state index contributed by atoms with van der Waals surface area (Å²) in [4.78, 5) is 21.6. The van der Waals surface area contributed by atoms with E-state index in [0.717, 1.165) is 17.7 Å². The zero-order valence-electron chi connectivity index (χ0n) is 9.58. The highest BCUT2D eigenvalue weighted by Gasteiger charge is 2.15. The maximum absolute atomic E-state index is 11.7. The average Bonchev–Trinajstić information content (AvgIpc) is 2.26. The van der Waals surface area contributed by atoms with Gasteiger partial charge in [-0.25, -0.2) is 13.1 Å². The summed E-state index contributed by atoms with van der Waals surface area (Å²) in [5.41, 5.74) is 5.67. The lowest BCUT2D eigenvalue weighted by atomic mass is 10.2. The number of rotatable bonds is 4. The van der Waals surface area contributed by atoms with Crippen LogP contribution in [0.25, 0.3) is 0 Å². The number of benzene rings is 1. The largest absolute Gasteiger partial charge is 0.366 e. The van der Waals surface area contributed by atoms with Gasteiger partial charge in [0.05, 0.1) is 4.90 Å². The fraction of sp³-hybridized carbons (Fsp3) is 0.0909. The number of aryl methyl sites for hydroxylation is 1. The molecule has 0 aliphatic carbocycles. The number of carbonyl (C=O) groups is 2. The smallest absolute Gasteiger partial charge is 0.264 e. The highest BCUT2D eigenvalue weighted by Crippen LogP contribution is 2.09. The van der Waals surface area contributed by atoms with Gasteiger partial charge in [0, 0.05) is 12.2 Å². The van der Waals surface area contributed by atoms with Crippen molar-refractivity contribution in [1.82, 2.24) is 4.72 Å². The summed E-state index contributed by atoms with van der Waals surface area (Å²) in [7, 11) is -3.93. The van der Waals surface area contributed by atoms with Crippen molar-refractivity contribution in [3.8, 4) is 0 Å². The second-order valence-electron chi connectivity index (χ2n) is 3.52. The zero-order chi connectivity index (χ0) is 13.8. The molecule has 0 saturated heterocycles. The van der Waals surface area contributed by atoms with Crippen molar-refractivity contribution in [2.75, 3.05) is 0 Å². The van der Waals surface area contributed by atoms with Gasteiger partial charge in [-0.1, -0.05) is 17.7 Å². The Hall–Kier alpha value is -2.15. The summed E-state index contributed by atoms with van der Waals surface area (Å²) in [5.74, 6) is -1.77. The number of nitrogens with one attached hydrogen (secondary N) is 1. The molecule has 2 amide bonds. The third-order valence-corrected chi connectivity index (χ3v) is 3.33. The molecule has 0 fully saturated rings. The molecule has 0 radical (unpaired) electrons. The Morgan fingerprint density at radius 1 is 1.17 bits per heavy atom. The van der Waals surface area contributed by atoms with Crippen LogP contribution in [-0.2, 0) is 19.6 Å². The highest BCUT2D eigenvalue weighted by atomic mass is 32.2. The molecule has 6 nitrogen and oxygen atoms in total. The summed E-state index contributed by atoms with van der Waals surface area (Å²) in [6.45, 7) is 1.81. The van der Waals surface area contributed by atoms with Crippen molar-refractivity contribution in [2.24, 2.45) is 5.73 Å². The van der Waals surface area contributed by atoms with Crippen molar-refractivity contribution in [3.63, 3.8) is 0 Å². The molecule has 0 saturated carbocycles. The van der Waals surface area contributed by atoms with Gasteiger partial charge >= 0.3 is 0 Å². The van der Waals surface area contributed by atoms with E-state index in [9.17, 15) is 18.0 Å². The molecule has 1 aromatic rings. The SMILES string of the molecule is Cc1ccc(S(=O)(=O)NC(=O)C=CC(N)=O)cc1. The molecule has 0 aromatic heterocycles. The molecule has 0 spiro atoms. The quantitative estimate of drug-likeness (QED) is 0.740. The Labute approximate surface area is 105 Å². The van der Waals surface area contributed by atoms with Gasteiger partial charge in [-0.05, 0) is 19.1 Å². The molecule has 0 unspecified atom stereocenters. The maximum Gasteiger partial charge on any atom is 0.264 e. The Morgan fingerprint density at radius 2 is 1.72 bits per heavy atom. The Morgan fingerprint density at radius 3 is 2.22 bits per heavy atom. The molecule has 18 heavy (non-hydrogen) atoms. The lowest BCUT2D eigenvalue weighted by Crippen LogP contribution is -2.29. The van der Waals surface area contributed by atoms with Crippen molar-refractivity contribution < 1.29 is 18.0 Å². The van der Waals surface area contributed by atoms with Crippen LogP contribution in [0.5, 0.6) is 0 Å². The average molecular weight is 268 g/mol. The molecule has 3 N–H and O–H groups in total. The molecule has 0 bridgehead atoms. The monoisotopic (exact) mass is 268 g/mol. The first-order valence-corrected chi connectivity index (χ1v) is 6.40. The van der Waals surface area contributed by atoms with Crippen molar-refractivity contribution in [1.29, 1.82) is 0 Å². The van der Waals surface area contributed by atoms with Gasteiger partial charge in [-0.2, -0.15) is 0 Å². The van der Waals surface area contributed by atoms with Crippen LogP contribution in [0.15, 0.2) is 41.3 Å². The normalized spacial score (nSPS) is 11.4. The number of sulfonamides is 1. The molecular weight excluding hydrogens is 256 g/mol. The summed E-state index contributed by atoms with van der Waals surface area (Å²) >= 11 is 0. The minimum absolute atomic E-state index is 0.0334. The molecule has 0 heterocycles. The third kappa shape index (κ3) is 4.02. The number of nitrogens with two attached hydrogens (primary N) is 1. The second-order valence-corrected chi connectivity index (χ2v) is 5.20. The zero-order valence-corrected chi connectivity index (χ0v) is 10.4. The van der Waals surface area contributed by atoms with Crippen LogP contribution < -0.4 is 10.5 Å². The fourth-order valence-electron chi connectivity index (χ4n) is 1.10. The fourth-order valence-corrected chi connectivity index (χ4v) is 2.05. The summed E-state index contributed by atoms with van der Waals surface area (Å²) in [6.07, 6.45) is 1.54. The van der Waals surface area contributed by atoms with Gasteiger partial charge in [0.1, 0.15) is 0 Å². The number of amides is 2. The van der Waals surface area contributed by atoms with Gasteiger partial charge in [-0.3, -0.25) is 9.59 Å². The van der Waals surface area contributed by atoms with Crippen LogP contribution in [0.4, 0.5) is 0 Å². The highest BCUT2D eigenvalue weighted by molar-refractivity contribution is 7.90. The van der Waals surface area contributed by atoms with Crippen LogP contribution in [0.1, 0.15) is 5.56 Å². The molecule has 1 rings (SSSR count). The van der Waals surface area contributed by atoms with Crippen LogP contribution >= 0.6 is 0 Å². The Bertz CT molecular complexity index is 588. The summed E-state index contributed by atoms with van der Waals surface area (Å²) in [5, 5.41) is 0. The third-order valence-electron chi connectivity index (χ3n) is 1.97. The topological polar surface area (TPSA) is 106 Å². The molecule has 7 heteroatoms. The molecule has 0 aliphatic heterocycles. The van der Waals surface area contributed by atoms with Gasteiger partial charge in [0.15, 0.2) is 0 Å². The van der Waals surface area contributed by atoms with Crippen molar-refractivity contribution >= 4 is 21.8 Å².